The van der Waals surface area contributed by atoms with Crippen molar-refractivity contribution >= 4 is 35.3 Å². The first-order valence-corrected chi connectivity index (χ1v) is 9.00. The molecule has 3 N–H and O–H groups in total. The Balaban J connectivity index is 1.78. The molecule has 0 atom stereocenters. The van der Waals surface area contributed by atoms with Crippen LogP contribution < -0.4 is 10.6 Å². The van der Waals surface area contributed by atoms with E-state index in [1.807, 2.05) is 19.1 Å². The predicted octanol–water partition coefficient (Wildman–Crippen LogP) is 2.39. The number of para-hydroxylation sites is 1. The van der Waals surface area contributed by atoms with E-state index in [9.17, 15) is 29.6 Å². The molecule has 0 bridgehead atoms. The molecule has 1 aliphatic heterocycles. The first-order valence-electron chi connectivity index (χ1n) is 9.00. The van der Waals surface area contributed by atoms with E-state index in [0.717, 1.165) is 29.8 Å². The van der Waals surface area contributed by atoms with E-state index in [2.05, 4.69) is 10.6 Å². The molecule has 1 aliphatic rings. The highest BCUT2D eigenvalue weighted by Gasteiger charge is 2.35. The molecule has 0 saturated carbocycles. The van der Waals surface area contributed by atoms with Crippen LogP contribution in [0.2, 0.25) is 0 Å². The number of urea groups is 1. The summed E-state index contributed by atoms with van der Waals surface area (Å²) in [4.78, 5) is 48.3. The lowest BCUT2D eigenvalue weighted by molar-refractivity contribution is -0.385. The first kappa shape index (κ1) is 20.5. The number of aryl methyl sites for hydroxylation is 1. The maximum Gasteiger partial charge on any atom is 0.329 e. The molecule has 2 aromatic carbocycles. The van der Waals surface area contributed by atoms with Gasteiger partial charge in [0.15, 0.2) is 0 Å². The molecule has 0 unspecified atom stereocenters. The fourth-order valence-corrected chi connectivity index (χ4v) is 2.98. The number of nitrogens with one attached hydrogen (secondary N) is 2. The van der Waals surface area contributed by atoms with Crippen LogP contribution >= 0.6 is 0 Å². The largest absolute Gasteiger partial charge is 0.508 e. The maximum atomic E-state index is 12.6. The van der Waals surface area contributed by atoms with Crippen LogP contribution in [0.25, 0.3) is 6.08 Å². The van der Waals surface area contributed by atoms with E-state index in [1.54, 1.807) is 12.1 Å². The number of carbonyl (C=O) groups excluding carboxylic acids is 3. The molecule has 10 nitrogen and oxygen atoms in total. The van der Waals surface area contributed by atoms with Crippen molar-refractivity contribution in [2.24, 2.45) is 0 Å². The molecule has 4 amide bonds. The number of phenols is 1. The van der Waals surface area contributed by atoms with Crippen molar-refractivity contribution in [2.75, 3.05) is 11.9 Å². The summed E-state index contributed by atoms with van der Waals surface area (Å²) in [5, 5.41) is 25.7. The minimum atomic E-state index is -0.826. The van der Waals surface area contributed by atoms with Crippen molar-refractivity contribution < 1.29 is 24.4 Å². The smallest absolute Gasteiger partial charge is 0.329 e. The summed E-state index contributed by atoms with van der Waals surface area (Å²) in [5.74, 6) is -1.62. The Morgan fingerprint density at radius 1 is 1.27 bits per heavy atom. The highest BCUT2D eigenvalue weighted by atomic mass is 16.6. The van der Waals surface area contributed by atoms with Gasteiger partial charge in [-0.2, -0.15) is 0 Å². The van der Waals surface area contributed by atoms with Gasteiger partial charge in [0.05, 0.1) is 10.5 Å². The standard InChI is InChI=1S/C20H18N4O6/c1-2-12-5-3-4-6-15(12)21-18(26)11-23-19(27)16(22-20(23)28)10-13-9-14(25)7-8-17(13)24(29)30/h3-10,25H,2,11H2,1H3,(H,21,26)(H,22,28)/b16-10+. The van der Waals surface area contributed by atoms with Crippen LogP contribution in [0, 0.1) is 10.1 Å². The summed E-state index contributed by atoms with van der Waals surface area (Å²) in [6.07, 6.45) is 1.78. The number of nitrogens with zero attached hydrogens (tertiary/aromatic N) is 2. The lowest BCUT2D eigenvalue weighted by Gasteiger charge is -2.13. The summed E-state index contributed by atoms with van der Waals surface area (Å²) in [7, 11) is 0. The van der Waals surface area contributed by atoms with Gasteiger partial charge in [0.2, 0.25) is 5.91 Å². The van der Waals surface area contributed by atoms with E-state index >= 15 is 0 Å². The Kier molecular flexibility index (Phi) is 5.77. The van der Waals surface area contributed by atoms with Gasteiger partial charge in [-0.3, -0.25) is 19.7 Å². The lowest BCUT2D eigenvalue weighted by Crippen LogP contribution is -2.38. The number of amides is 4. The number of phenolic OH excluding ortho intramolecular Hbond substituents is 1. The number of nitro groups is 1. The summed E-state index contributed by atoms with van der Waals surface area (Å²) in [6, 6.07) is 9.66. The van der Waals surface area contributed by atoms with Crippen LogP contribution in [0.1, 0.15) is 18.1 Å². The van der Waals surface area contributed by atoms with Crippen molar-refractivity contribution in [2.45, 2.75) is 13.3 Å². The number of rotatable bonds is 6. The fourth-order valence-electron chi connectivity index (χ4n) is 2.98. The molecule has 0 aromatic heterocycles. The number of benzene rings is 2. The van der Waals surface area contributed by atoms with E-state index < -0.39 is 29.3 Å². The summed E-state index contributed by atoms with van der Waals surface area (Å²) in [5.41, 5.74) is 0.833. The van der Waals surface area contributed by atoms with Gasteiger partial charge in [0, 0.05) is 11.8 Å². The molecule has 30 heavy (non-hydrogen) atoms. The van der Waals surface area contributed by atoms with Crippen LogP contribution in [0.15, 0.2) is 48.2 Å². The molecule has 1 heterocycles. The summed E-state index contributed by atoms with van der Waals surface area (Å²) < 4.78 is 0. The second-order valence-electron chi connectivity index (χ2n) is 6.44. The first-order chi connectivity index (χ1) is 14.3. The number of aromatic hydroxyl groups is 1. The second kappa shape index (κ2) is 8.43. The number of nitro benzene ring substituents is 1. The predicted molar refractivity (Wildman–Crippen MR) is 107 cm³/mol. The minimum Gasteiger partial charge on any atom is -0.508 e. The van der Waals surface area contributed by atoms with Crippen LogP contribution in [-0.2, 0) is 16.0 Å². The zero-order chi connectivity index (χ0) is 21.8. The van der Waals surface area contributed by atoms with Gasteiger partial charge < -0.3 is 15.7 Å². The van der Waals surface area contributed by atoms with Gasteiger partial charge in [-0.15, -0.1) is 0 Å². The molecule has 0 aliphatic carbocycles. The fraction of sp³-hybridized carbons (Fsp3) is 0.150. The molecule has 0 spiro atoms. The van der Waals surface area contributed by atoms with Crippen molar-refractivity contribution in [1.82, 2.24) is 10.2 Å². The van der Waals surface area contributed by atoms with Gasteiger partial charge in [-0.05, 0) is 36.3 Å². The summed E-state index contributed by atoms with van der Waals surface area (Å²) in [6.45, 7) is 1.41. The monoisotopic (exact) mass is 410 g/mol. The molecule has 10 heteroatoms. The molecule has 0 radical (unpaired) electrons. The SMILES string of the molecule is CCc1ccccc1NC(=O)CN1C(=O)N/C(=C/c2cc(O)ccc2[N+](=O)[O-])C1=O. The van der Waals surface area contributed by atoms with Crippen molar-refractivity contribution in [1.29, 1.82) is 0 Å². The molecule has 2 aromatic rings. The Labute approximate surface area is 171 Å². The zero-order valence-electron chi connectivity index (χ0n) is 15.9. The zero-order valence-corrected chi connectivity index (χ0v) is 15.9. The topological polar surface area (TPSA) is 142 Å². The highest BCUT2D eigenvalue weighted by Crippen LogP contribution is 2.26. The Morgan fingerprint density at radius 2 is 2.00 bits per heavy atom. The second-order valence-corrected chi connectivity index (χ2v) is 6.44. The van der Waals surface area contributed by atoms with Gasteiger partial charge in [0.1, 0.15) is 18.0 Å². The molecule has 3 rings (SSSR count). The number of hydrogen-bond acceptors (Lipinski definition) is 6. The van der Waals surface area contributed by atoms with Crippen LogP contribution in [-0.4, -0.2) is 39.3 Å². The van der Waals surface area contributed by atoms with Crippen molar-refractivity contribution in [3.63, 3.8) is 0 Å². The Morgan fingerprint density at radius 3 is 2.70 bits per heavy atom. The summed E-state index contributed by atoms with van der Waals surface area (Å²) >= 11 is 0. The average Bonchev–Trinajstić information content (AvgIpc) is 2.95. The number of imide groups is 1. The van der Waals surface area contributed by atoms with Crippen molar-refractivity contribution in [3.05, 3.63) is 69.4 Å². The minimum absolute atomic E-state index is 0.0631. The average molecular weight is 410 g/mol. The van der Waals surface area contributed by atoms with Crippen LogP contribution in [0.3, 0.4) is 0 Å². The third-order valence-electron chi connectivity index (χ3n) is 4.44. The van der Waals surface area contributed by atoms with E-state index in [0.29, 0.717) is 17.0 Å². The van der Waals surface area contributed by atoms with Gasteiger partial charge in [-0.1, -0.05) is 25.1 Å². The molecular formula is C20H18N4O6. The lowest BCUT2D eigenvalue weighted by atomic mass is 10.1. The van der Waals surface area contributed by atoms with Crippen LogP contribution in [0.5, 0.6) is 5.75 Å². The van der Waals surface area contributed by atoms with Gasteiger partial charge in [0.25, 0.3) is 11.6 Å². The molecule has 154 valence electrons. The van der Waals surface area contributed by atoms with Crippen molar-refractivity contribution in [3.8, 4) is 5.75 Å². The quantitative estimate of drug-likeness (QED) is 0.289. The maximum absolute atomic E-state index is 12.6. The highest BCUT2D eigenvalue weighted by molar-refractivity contribution is 6.16. The Bertz CT molecular complexity index is 1080. The van der Waals surface area contributed by atoms with E-state index in [-0.39, 0.29) is 22.7 Å². The number of carbonyl (C=O) groups is 3. The third kappa shape index (κ3) is 4.27. The normalized spacial score (nSPS) is 14.7. The van der Waals surface area contributed by atoms with E-state index in [1.165, 1.54) is 0 Å². The Hall–Kier alpha value is -4.21. The van der Waals surface area contributed by atoms with Gasteiger partial charge >= 0.3 is 6.03 Å². The molecule has 1 fully saturated rings. The number of hydrogen-bond donors (Lipinski definition) is 3. The third-order valence-corrected chi connectivity index (χ3v) is 4.44. The van der Waals surface area contributed by atoms with Crippen LogP contribution in [0.4, 0.5) is 16.2 Å². The van der Waals surface area contributed by atoms with E-state index in [4.69, 9.17) is 0 Å². The molecule has 1 saturated heterocycles. The van der Waals surface area contributed by atoms with Gasteiger partial charge in [-0.25, -0.2) is 9.69 Å². The molecular weight excluding hydrogens is 392 g/mol. The number of anilines is 1.